The van der Waals surface area contributed by atoms with Crippen LogP contribution in [0.4, 0.5) is 4.39 Å². The first kappa shape index (κ1) is 12.1. The number of rotatable bonds is 3. The number of hydrogen-bond acceptors (Lipinski definition) is 2. The van der Waals surface area contributed by atoms with Crippen LogP contribution in [0.15, 0.2) is 22.7 Å². The summed E-state index contributed by atoms with van der Waals surface area (Å²) in [6.45, 7) is 0. The Morgan fingerprint density at radius 1 is 1.39 bits per heavy atom. The smallest absolute Gasteiger partial charge is 0.164 e. The van der Waals surface area contributed by atoms with Crippen molar-refractivity contribution in [1.82, 2.24) is 14.8 Å². The Kier molecular flexibility index (Phi) is 3.11. The van der Waals surface area contributed by atoms with Gasteiger partial charge in [0.25, 0.3) is 0 Å². The Hall–Kier alpha value is -0.940. The lowest BCUT2D eigenvalue weighted by Crippen LogP contribution is -2.02. The predicted molar refractivity (Wildman–Crippen MR) is 70.9 cm³/mol. The molecule has 2 aromatic rings. The van der Waals surface area contributed by atoms with Gasteiger partial charge in [0.05, 0.1) is 10.4 Å². The fraction of sp³-hybridized carbons (Fsp3) is 0.333. The molecular weight excluding hydrogens is 321 g/mol. The number of hydrogen-bond donors (Lipinski definition) is 0. The van der Waals surface area contributed by atoms with E-state index in [0.717, 1.165) is 30.1 Å². The van der Waals surface area contributed by atoms with E-state index >= 15 is 0 Å². The zero-order valence-corrected chi connectivity index (χ0v) is 11.7. The minimum absolute atomic E-state index is 0.284. The molecule has 0 bridgehead atoms. The van der Waals surface area contributed by atoms with Crippen molar-refractivity contribution in [2.75, 3.05) is 0 Å². The summed E-state index contributed by atoms with van der Waals surface area (Å²) < 4.78 is 15.7. The molecule has 0 aliphatic heterocycles. The van der Waals surface area contributed by atoms with Crippen molar-refractivity contribution in [1.29, 1.82) is 0 Å². The molecule has 1 aromatic heterocycles. The fourth-order valence-electron chi connectivity index (χ4n) is 1.96. The quantitative estimate of drug-likeness (QED) is 0.799. The first-order valence-corrected chi connectivity index (χ1v) is 6.98. The second-order valence-corrected chi connectivity index (χ2v) is 5.43. The Labute approximate surface area is 117 Å². The predicted octanol–water partition coefficient (Wildman–Crippen LogP) is 3.92. The second-order valence-electron chi connectivity index (χ2n) is 4.30. The Morgan fingerprint density at radius 3 is 2.78 bits per heavy atom. The first-order valence-electron chi connectivity index (χ1n) is 5.66. The van der Waals surface area contributed by atoms with Gasteiger partial charge in [-0.05, 0) is 47.0 Å². The van der Waals surface area contributed by atoms with Gasteiger partial charge in [-0.3, -0.25) is 0 Å². The third kappa shape index (κ3) is 2.06. The van der Waals surface area contributed by atoms with Crippen molar-refractivity contribution in [3.63, 3.8) is 0 Å². The zero-order chi connectivity index (χ0) is 12.7. The monoisotopic (exact) mass is 329 g/mol. The van der Waals surface area contributed by atoms with E-state index in [9.17, 15) is 4.39 Å². The van der Waals surface area contributed by atoms with E-state index in [0.29, 0.717) is 16.4 Å². The average molecular weight is 331 g/mol. The molecule has 0 unspecified atom stereocenters. The molecule has 6 heteroatoms. The fourth-order valence-corrected chi connectivity index (χ4v) is 2.52. The molecule has 1 aliphatic rings. The van der Waals surface area contributed by atoms with Gasteiger partial charge in [-0.25, -0.2) is 4.39 Å². The van der Waals surface area contributed by atoms with Gasteiger partial charge in [-0.1, -0.05) is 0 Å². The highest BCUT2D eigenvalue weighted by molar-refractivity contribution is 9.10. The van der Waals surface area contributed by atoms with Gasteiger partial charge in [0, 0.05) is 11.6 Å². The normalized spacial score (nSPS) is 15.1. The van der Waals surface area contributed by atoms with E-state index in [4.69, 9.17) is 11.6 Å². The van der Waals surface area contributed by atoms with Crippen molar-refractivity contribution in [3.8, 4) is 11.4 Å². The van der Waals surface area contributed by atoms with Gasteiger partial charge in [0.15, 0.2) is 5.82 Å². The second kappa shape index (κ2) is 4.63. The number of aromatic nitrogens is 3. The molecule has 94 valence electrons. The minimum atomic E-state index is -0.284. The highest BCUT2D eigenvalue weighted by atomic mass is 79.9. The molecule has 0 amide bonds. The summed E-state index contributed by atoms with van der Waals surface area (Å²) in [5.74, 6) is 1.59. The van der Waals surface area contributed by atoms with Crippen LogP contribution in [-0.4, -0.2) is 14.8 Å². The Bertz CT molecular complexity index is 595. The lowest BCUT2D eigenvalue weighted by molar-refractivity contribution is 0.621. The summed E-state index contributed by atoms with van der Waals surface area (Å²) in [5.41, 5.74) is 0.846. The van der Waals surface area contributed by atoms with Crippen LogP contribution in [0.1, 0.15) is 24.7 Å². The molecule has 0 spiro atoms. The molecule has 3 rings (SSSR count). The summed E-state index contributed by atoms with van der Waals surface area (Å²) in [6, 6.07) is 5.29. The molecule has 3 nitrogen and oxygen atoms in total. The largest absolute Gasteiger partial charge is 0.307 e. The molecule has 1 aliphatic carbocycles. The van der Waals surface area contributed by atoms with Crippen LogP contribution < -0.4 is 0 Å². The van der Waals surface area contributed by atoms with Crippen molar-refractivity contribution in [2.24, 2.45) is 0 Å². The van der Waals surface area contributed by atoms with Crippen LogP contribution >= 0.6 is 27.5 Å². The summed E-state index contributed by atoms with van der Waals surface area (Å²) in [5, 5.41) is 8.27. The average Bonchev–Trinajstić information content (AvgIpc) is 3.12. The standard InChI is InChI=1S/C12H10BrClFN3/c13-9-5-7(1-4-10(9)15)12-17-16-11(6-14)18(12)8-2-3-8/h1,4-5,8H,2-3,6H2. The van der Waals surface area contributed by atoms with Gasteiger partial charge >= 0.3 is 0 Å². The molecule has 1 heterocycles. The number of benzene rings is 1. The molecule has 0 N–H and O–H groups in total. The van der Waals surface area contributed by atoms with E-state index in [1.54, 1.807) is 12.1 Å². The van der Waals surface area contributed by atoms with E-state index in [1.165, 1.54) is 6.07 Å². The highest BCUT2D eigenvalue weighted by Gasteiger charge is 2.29. The summed E-state index contributed by atoms with van der Waals surface area (Å²) >= 11 is 9.05. The minimum Gasteiger partial charge on any atom is -0.307 e. The van der Waals surface area contributed by atoms with Crippen molar-refractivity contribution in [3.05, 3.63) is 34.3 Å². The van der Waals surface area contributed by atoms with Crippen LogP contribution in [-0.2, 0) is 5.88 Å². The number of alkyl halides is 1. The summed E-state index contributed by atoms with van der Waals surface area (Å²) in [6.07, 6.45) is 2.24. The van der Waals surface area contributed by atoms with E-state index in [2.05, 4.69) is 30.7 Å². The molecular formula is C12H10BrClFN3. The molecule has 0 atom stereocenters. The van der Waals surface area contributed by atoms with Crippen molar-refractivity contribution >= 4 is 27.5 Å². The first-order chi connectivity index (χ1) is 8.70. The van der Waals surface area contributed by atoms with Gasteiger partial charge in [0.2, 0.25) is 0 Å². The van der Waals surface area contributed by atoms with Crippen LogP contribution in [0, 0.1) is 5.82 Å². The zero-order valence-electron chi connectivity index (χ0n) is 9.41. The van der Waals surface area contributed by atoms with E-state index in [-0.39, 0.29) is 5.82 Å². The molecule has 0 saturated heterocycles. The van der Waals surface area contributed by atoms with Gasteiger partial charge in [0.1, 0.15) is 11.6 Å². The third-order valence-electron chi connectivity index (χ3n) is 2.98. The molecule has 1 saturated carbocycles. The van der Waals surface area contributed by atoms with Crippen LogP contribution in [0.25, 0.3) is 11.4 Å². The van der Waals surface area contributed by atoms with Gasteiger partial charge < -0.3 is 4.57 Å². The Morgan fingerprint density at radius 2 is 2.17 bits per heavy atom. The molecule has 1 fully saturated rings. The number of nitrogens with zero attached hydrogens (tertiary/aromatic N) is 3. The summed E-state index contributed by atoms with van der Waals surface area (Å²) in [4.78, 5) is 0. The van der Waals surface area contributed by atoms with Crippen LogP contribution in [0.5, 0.6) is 0 Å². The maximum absolute atomic E-state index is 13.2. The molecule has 1 aromatic carbocycles. The highest BCUT2D eigenvalue weighted by Crippen LogP contribution is 2.39. The Balaban J connectivity index is 2.10. The van der Waals surface area contributed by atoms with E-state index < -0.39 is 0 Å². The summed E-state index contributed by atoms with van der Waals surface area (Å²) in [7, 11) is 0. The van der Waals surface area contributed by atoms with Gasteiger partial charge in [-0.15, -0.1) is 21.8 Å². The lowest BCUT2D eigenvalue weighted by atomic mass is 10.2. The third-order valence-corrected chi connectivity index (χ3v) is 3.82. The topological polar surface area (TPSA) is 30.7 Å². The van der Waals surface area contributed by atoms with Crippen molar-refractivity contribution < 1.29 is 4.39 Å². The SMILES string of the molecule is Fc1ccc(-c2nnc(CCl)n2C2CC2)cc1Br. The molecule has 0 radical (unpaired) electrons. The van der Waals surface area contributed by atoms with Crippen LogP contribution in [0.2, 0.25) is 0 Å². The van der Waals surface area contributed by atoms with Gasteiger partial charge in [-0.2, -0.15) is 0 Å². The maximum atomic E-state index is 13.2. The van der Waals surface area contributed by atoms with E-state index in [1.807, 2.05) is 0 Å². The lowest BCUT2D eigenvalue weighted by Gasteiger charge is -2.08. The number of halogens is 3. The van der Waals surface area contributed by atoms with Crippen LogP contribution in [0.3, 0.4) is 0 Å². The van der Waals surface area contributed by atoms with Crippen molar-refractivity contribution in [2.45, 2.75) is 24.8 Å². The molecule has 18 heavy (non-hydrogen) atoms. The maximum Gasteiger partial charge on any atom is 0.164 e.